The van der Waals surface area contributed by atoms with Crippen molar-refractivity contribution in [2.24, 2.45) is 0 Å². The summed E-state index contributed by atoms with van der Waals surface area (Å²) >= 11 is 13.6. The minimum Gasteiger partial charge on any atom is -0.336 e. The number of nitro groups is 1. The summed E-state index contributed by atoms with van der Waals surface area (Å²) < 4.78 is 0.768. The minimum absolute atomic E-state index is 0.138. The van der Waals surface area contributed by atoms with E-state index in [4.69, 9.17) is 23.2 Å². The summed E-state index contributed by atoms with van der Waals surface area (Å²) in [5.74, 6) is -0.271. The van der Waals surface area contributed by atoms with Gasteiger partial charge < -0.3 is 4.90 Å². The molecule has 0 saturated carbocycles. The molecule has 0 radical (unpaired) electrons. The van der Waals surface area contributed by atoms with Crippen molar-refractivity contribution >= 4 is 46.1 Å². The van der Waals surface area contributed by atoms with Crippen molar-refractivity contribution in [2.45, 2.75) is 6.54 Å². The molecule has 0 spiro atoms. The lowest BCUT2D eigenvalue weighted by Gasteiger charge is -2.34. The van der Waals surface area contributed by atoms with Crippen molar-refractivity contribution in [3.8, 4) is 0 Å². The fraction of sp³-hybridized carbons (Fsp3) is 0.312. The summed E-state index contributed by atoms with van der Waals surface area (Å²) in [5.41, 5.74) is 0.0373. The van der Waals surface area contributed by atoms with Crippen LogP contribution in [0.4, 0.5) is 5.69 Å². The summed E-state index contributed by atoms with van der Waals surface area (Å²) in [6, 6.07) is 7.82. The number of carbonyl (C=O) groups is 1. The molecule has 25 heavy (non-hydrogen) atoms. The standard InChI is InChI=1S/C16H15Cl2N3O3S/c17-14-3-1-11(21(23)24)9-13(14)16(22)20-7-5-19(6-8-20)10-12-2-4-15(18)25-12/h1-4,9H,5-8,10H2. The monoisotopic (exact) mass is 399 g/mol. The predicted octanol–water partition coefficient (Wildman–Crippen LogP) is 3.92. The van der Waals surface area contributed by atoms with Gasteiger partial charge in [-0.1, -0.05) is 23.2 Å². The number of non-ortho nitro benzene ring substituents is 1. The molecule has 1 saturated heterocycles. The summed E-state index contributed by atoms with van der Waals surface area (Å²) in [5, 5.41) is 11.1. The molecule has 2 aromatic rings. The topological polar surface area (TPSA) is 66.7 Å². The summed E-state index contributed by atoms with van der Waals surface area (Å²) in [7, 11) is 0. The van der Waals surface area contributed by atoms with Crippen LogP contribution in [-0.2, 0) is 6.54 Å². The molecular formula is C16H15Cl2N3O3S. The van der Waals surface area contributed by atoms with Gasteiger partial charge in [0.15, 0.2) is 0 Å². The van der Waals surface area contributed by atoms with Crippen molar-refractivity contribution in [1.29, 1.82) is 0 Å². The molecule has 9 heteroatoms. The van der Waals surface area contributed by atoms with Crippen LogP contribution in [0.25, 0.3) is 0 Å². The largest absolute Gasteiger partial charge is 0.336 e. The average molecular weight is 400 g/mol. The molecule has 0 N–H and O–H groups in total. The minimum atomic E-state index is -0.531. The first-order chi connectivity index (χ1) is 11.9. The van der Waals surface area contributed by atoms with Crippen LogP contribution >= 0.6 is 34.5 Å². The number of nitro benzene ring substituents is 1. The van der Waals surface area contributed by atoms with Crippen LogP contribution in [0.2, 0.25) is 9.36 Å². The van der Waals surface area contributed by atoms with E-state index in [-0.39, 0.29) is 22.2 Å². The van der Waals surface area contributed by atoms with Gasteiger partial charge in [0.05, 0.1) is 19.8 Å². The van der Waals surface area contributed by atoms with E-state index >= 15 is 0 Å². The normalized spacial score (nSPS) is 15.4. The number of hydrogen-bond acceptors (Lipinski definition) is 5. The third-order valence-electron chi connectivity index (χ3n) is 4.06. The quantitative estimate of drug-likeness (QED) is 0.576. The van der Waals surface area contributed by atoms with E-state index in [0.29, 0.717) is 13.1 Å². The van der Waals surface area contributed by atoms with E-state index < -0.39 is 4.92 Å². The zero-order valence-electron chi connectivity index (χ0n) is 13.2. The van der Waals surface area contributed by atoms with Crippen LogP contribution in [0, 0.1) is 10.1 Å². The maximum absolute atomic E-state index is 12.6. The van der Waals surface area contributed by atoms with Gasteiger partial charge >= 0.3 is 0 Å². The Morgan fingerprint density at radius 2 is 1.88 bits per heavy atom. The molecule has 1 aliphatic rings. The van der Waals surface area contributed by atoms with E-state index in [2.05, 4.69) is 4.90 Å². The molecule has 0 bridgehead atoms. The molecule has 0 atom stereocenters. The van der Waals surface area contributed by atoms with Gasteiger partial charge in [-0.25, -0.2) is 0 Å². The molecule has 0 aliphatic carbocycles. The SMILES string of the molecule is O=C(c1cc([N+](=O)[O-])ccc1Cl)N1CCN(Cc2ccc(Cl)s2)CC1. The van der Waals surface area contributed by atoms with E-state index in [9.17, 15) is 14.9 Å². The second kappa shape index (κ2) is 7.70. The van der Waals surface area contributed by atoms with Crippen molar-refractivity contribution in [2.75, 3.05) is 26.2 Å². The Bertz CT molecular complexity index is 804. The fourth-order valence-corrected chi connectivity index (χ4v) is 4.06. The Morgan fingerprint density at radius 1 is 1.16 bits per heavy atom. The van der Waals surface area contributed by atoms with Crippen LogP contribution in [0.3, 0.4) is 0 Å². The zero-order chi connectivity index (χ0) is 18.0. The molecular weight excluding hydrogens is 385 g/mol. The summed E-state index contributed by atoms with van der Waals surface area (Å²) in [6.07, 6.45) is 0. The van der Waals surface area contributed by atoms with E-state index in [1.807, 2.05) is 12.1 Å². The van der Waals surface area contributed by atoms with Crippen molar-refractivity contribution in [3.63, 3.8) is 0 Å². The molecule has 1 aromatic carbocycles. The van der Waals surface area contributed by atoms with Gasteiger partial charge in [0.1, 0.15) is 0 Å². The first kappa shape index (κ1) is 18.1. The van der Waals surface area contributed by atoms with Gasteiger partial charge in [-0.15, -0.1) is 11.3 Å². The van der Waals surface area contributed by atoms with Crippen LogP contribution in [-0.4, -0.2) is 46.8 Å². The maximum atomic E-state index is 12.6. The third kappa shape index (κ3) is 4.30. The highest BCUT2D eigenvalue weighted by Gasteiger charge is 2.25. The zero-order valence-corrected chi connectivity index (χ0v) is 15.5. The fourth-order valence-electron chi connectivity index (χ4n) is 2.73. The van der Waals surface area contributed by atoms with Gasteiger partial charge in [0.25, 0.3) is 11.6 Å². The first-order valence-corrected chi connectivity index (χ1v) is 9.21. The molecule has 6 nitrogen and oxygen atoms in total. The molecule has 3 rings (SSSR count). The third-order valence-corrected chi connectivity index (χ3v) is 5.60. The number of benzene rings is 1. The Balaban J connectivity index is 1.63. The molecule has 2 heterocycles. The van der Waals surface area contributed by atoms with Crippen molar-refractivity contribution in [1.82, 2.24) is 9.80 Å². The van der Waals surface area contributed by atoms with Crippen molar-refractivity contribution in [3.05, 3.63) is 60.2 Å². The lowest BCUT2D eigenvalue weighted by molar-refractivity contribution is -0.384. The van der Waals surface area contributed by atoms with E-state index in [1.54, 1.807) is 16.2 Å². The summed E-state index contributed by atoms with van der Waals surface area (Å²) in [6.45, 7) is 3.37. The predicted molar refractivity (Wildman–Crippen MR) is 98.6 cm³/mol. The number of halogens is 2. The number of rotatable bonds is 4. The first-order valence-electron chi connectivity index (χ1n) is 7.64. The lowest BCUT2D eigenvalue weighted by Crippen LogP contribution is -2.48. The second-order valence-electron chi connectivity index (χ2n) is 5.70. The van der Waals surface area contributed by atoms with Gasteiger partial charge in [0.2, 0.25) is 0 Å². The molecule has 1 amide bonds. The number of carbonyl (C=O) groups excluding carboxylic acids is 1. The Labute approximate surface area is 158 Å². The molecule has 1 aliphatic heterocycles. The number of nitrogens with zero attached hydrogens (tertiary/aromatic N) is 3. The highest BCUT2D eigenvalue weighted by Crippen LogP contribution is 2.25. The second-order valence-corrected chi connectivity index (χ2v) is 7.90. The van der Waals surface area contributed by atoms with E-state index in [0.717, 1.165) is 24.0 Å². The molecule has 1 aromatic heterocycles. The van der Waals surface area contributed by atoms with Gasteiger partial charge in [-0.05, 0) is 18.2 Å². The Morgan fingerprint density at radius 3 is 2.48 bits per heavy atom. The smallest absolute Gasteiger partial charge is 0.270 e. The highest BCUT2D eigenvalue weighted by molar-refractivity contribution is 7.16. The molecule has 0 unspecified atom stereocenters. The maximum Gasteiger partial charge on any atom is 0.270 e. The molecule has 132 valence electrons. The highest BCUT2D eigenvalue weighted by atomic mass is 35.5. The van der Waals surface area contributed by atoms with E-state index in [1.165, 1.54) is 23.1 Å². The van der Waals surface area contributed by atoms with Gasteiger partial charge in [-0.2, -0.15) is 0 Å². The lowest BCUT2D eigenvalue weighted by atomic mass is 10.1. The van der Waals surface area contributed by atoms with Crippen LogP contribution in [0.5, 0.6) is 0 Å². The van der Waals surface area contributed by atoms with Gasteiger partial charge in [0, 0.05) is 49.7 Å². The van der Waals surface area contributed by atoms with Crippen LogP contribution in [0.15, 0.2) is 30.3 Å². The number of thiophene rings is 1. The Hall–Kier alpha value is -1.67. The van der Waals surface area contributed by atoms with Crippen LogP contribution < -0.4 is 0 Å². The molecule has 1 fully saturated rings. The number of piperazine rings is 1. The average Bonchev–Trinajstić information content (AvgIpc) is 3.00. The summed E-state index contributed by atoms with van der Waals surface area (Å²) in [4.78, 5) is 28.1. The van der Waals surface area contributed by atoms with Crippen molar-refractivity contribution < 1.29 is 9.72 Å². The Kier molecular flexibility index (Phi) is 5.58. The van der Waals surface area contributed by atoms with Gasteiger partial charge in [-0.3, -0.25) is 19.8 Å². The number of amides is 1. The van der Waals surface area contributed by atoms with Crippen LogP contribution in [0.1, 0.15) is 15.2 Å². The number of hydrogen-bond donors (Lipinski definition) is 0.